The molecule has 0 aromatic carbocycles. The normalized spacial score (nSPS) is 11.2. The Hall–Kier alpha value is -2.10. The van der Waals surface area contributed by atoms with Gasteiger partial charge in [0.05, 0.1) is 13.2 Å². The van der Waals surface area contributed by atoms with Crippen LogP contribution in [0.2, 0.25) is 0 Å². The van der Waals surface area contributed by atoms with Crippen LogP contribution in [0.25, 0.3) is 0 Å². The van der Waals surface area contributed by atoms with Crippen LogP contribution < -0.4 is 15.2 Å². The van der Waals surface area contributed by atoms with E-state index < -0.39 is 23.0 Å². The Morgan fingerprint density at radius 2 is 2.17 bits per heavy atom. The predicted molar refractivity (Wildman–Crippen MR) is 52.0 cm³/mol. The molecule has 7 nitrogen and oxygen atoms in total. The minimum absolute atomic E-state index is 0.114. The zero-order valence-electron chi connectivity index (χ0n) is 9.02. The summed E-state index contributed by atoms with van der Waals surface area (Å²) in [5, 5.41) is 10.7. The summed E-state index contributed by atoms with van der Waals surface area (Å²) in [5.41, 5.74) is 5.14. The summed E-state index contributed by atoms with van der Waals surface area (Å²) >= 11 is 0. The van der Waals surface area contributed by atoms with E-state index in [4.69, 9.17) is 10.5 Å². The highest BCUT2D eigenvalue weighted by atomic mass is 19.4. The van der Waals surface area contributed by atoms with E-state index in [-0.39, 0.29) is 17.9 Å². The van der Waals surface area contributed by atoms with E-state index in [2.05, 4.69) is 9.72 Å². The predicted octanol–water partition coefficient (Wildman–Crippen LogP) is 1.36. The smallest absolute Gasteiger partial charge is 0.496 e. The van der Waals surface area contributed by atoms with Crippen molar-refractivity contribution in [3.05, 3.63) is 21.7 Å². The number of nitrogens with zero attached hydrogens (tertiary/aromatic N) is 2. The van der Waals surface area contributed by atoms with Gasteiger partial charge in [0.15, 0.2) is 0 Å². The molecule has 0 bridgehead atoms. The average Bonchev–Trinajstić information content (AvgIpc) is 2.25. The van der Waals surface area contributed by atoms with Crippen molar-refractivity contribution in [2.24, 2.45) is 5.73 Å². The second-order valence-electron chi connectivity index (χ2n) is 2.97. The molecule has 2 N–H and O–H groups in total. The van der Waals surface area contributed by atoms with Gasteiger partial charge in [-0.15, -0.1) is 13.2 Å². The molecule has 0 aliphatic rings. The number of halogens is 3. The molecule has 0 saturated heterocycles. The maximum atomic E-state index is 12.0. The first-order chi connectivity index (χ1) is 8.28. The van der Waals surface area contributed by atoms with Crippen molar-refractivity contribution in [2.75, 3.05) is 7.11 Å². The van der Waals surface area contributed by atoms with Crippen LogP contribution in [0.5, 0.6) is 11.6 Å². The van der Waals surface area contributed by atoms with Crippen LogP contribution in [0.1, 0.15) is 5.56 Å². The molecule has 0 fully saturated rings. The van der Waals surface area contributed by atoms with E-state index >= 15 is 0 Å². The van der Waals surface area contributed by atoms with Crippen molar-refractivity contribution in [1.82, 2.24) is 4.98 Å². The molecule has 1 aromatic rings. The van der Waals surface area contributed by atoms with Gasteiger partial charge in [-0.1, -0.05) is 0 Å². The molecule has 18 heavy (non-hydrogen) atoms. The second-order valence-corrected chi connectivity index (χ2v) is 2.97. The molecular formula is C8H8F3N3O4. The molecule has 1 aromatic heterocycles. The van der Waals surface area contributed by atoms with Crippen molar-refractivity contribution in [3.63, 3.8) is 0 Å². The number of nitrogens with two attached hydrogens (primary N) is 1. The first-order valence-electron chi connectivity index (χ1n) is 4.46. The Balaban J connectivity index is 3.32. The van der Waals surface area contributed by atoms with Gasteiger partial charge in [0.25, 0.3) is 0 Å². The Labute approximate surface area is 98.5 Å². The average molecular weight is 267 g/mol. The van der Waals surface area contributed by atoms with Gasteiger partial charge in [0.2, 0.25) is 0 Å². The number of alkyl halides is 3. The maximum absolute atomic E-state index is 12.0. The van der Waals surface area contributed by atoms with E-state index in [1.54, 1.807) is 0 Å². The lowest BCUT2D eigenvalue weighted by Gasteiger charge is -2.09. The zero-order chi connectivity index (χ0) is 13.9. The van der Waals surface area contributed by atoms with Crippen molar-refractivity contribution >= 4 is 5.82 Å². The van der Waals surface area contributed by atoms with Crippen LogP contribution in [0, 0.1) is 10.1 Å². The van der Waals surface area contributed by atoms with Crippen LogP contribution >= 0.6 is 0 Å². The molecule has 1 rings (SSSR count). The summed E-state index contributed by atoms with van der Waals surface area (Å²) in [7, 11) is 1.13. The van der Waals surface area contributed by atoms with Crippen molar-refractivity contribution in [2.45, 2.75) is 12.9 Å². The van der Waals surface area contributed by atoms with Gasteiger partial charge in [0, 0.05) is 11.5 Å². The number of ether oxygens (including phenoxy) is 2. The Bertz CT molecular complexity index is 464. The monoisotopic (exact) mass is 267 g/mol. The molecule has 0 spiro atoms. The van der Waals surface area contributed by atoms with Crippen LogP contribution in [0.15, 0.2) is 6.07 Å². The fraction of sp³-hybridized carbons (Fsp3) is 0.375. The number of nitro groups is 1. The van der Waals surface area contributed by atoms with Gasteiger partial charge in [0.1, 0.15) is 11.3 Å². The third-order valence-corrected chi connectivity index (χ3v) is 1.86. The molecule has 10 heteroatoms. The SMILES string of the molecule is COc1cc(OC(F)(F)F)nc([N+](=O)[O-])c1CN. The van der Waals surface area contributed by atoms with E-state index in [9.17, 15) is 23.3 Å². The minimum Gasteiger partial charge on any atom is -0.496 e. The van der Waals surface area contributed by atoms with Gasteiger partial charge < -0.3 is 25.3 Å². The Morgan fingerprint density at radius 3 is 2.56 bits per heavy atom. The molecule has 0 aliphatic heterocycles. The standard InChI is InChI=1S/C8H8F3N3O4/c1-17-5-2-6(18-8(9,10)11)13-7(14(15)16)4(5)3-12/h2H,3,12H2,1H3. The van der Waals surface area contributed by atoms with E-state index in [1.807, 2.05) is 0 Å². The lowest BCUT2D eigenvalue weighted by Crippen LogP contribution is -2.19. The number of pyridine rings is 1. The molecular weight excluding hydrogens is 259 g/mol. The van der Waals surface area contributed by atoms with E-state index in [1.165, 1.54) is 0 Å². The van der Waals surface area contributed by atoms with Gasteiger partial charge in [-0.2, -0.15) is 0 Å². The molecule has 0 atom stereocenters. The van der Waals surface area contributed by atoms with Crippen LogP contribution in [-0.4, -0.2) is 23.4 Å². The summed E-state index contributed by atoms with van der Waals surface area (Å²) in [6, 6.07) is 0.780. The molecule has 100 valence electrons. The minimum atomic E-state index is -5.00. The van der Waals surface area contributed by atoms with Crippen LogP contribution in [0.4, 0.5) is 19.0 Å². The Kier molecular flexibility index (Phi) is 3.91. The number of hydrogen-bond donors (Lipinski definition) is 1. The third kappa shape index (κ3) is 3.20. The van der Waals surface area contributed by atoms with Crippen molar-refractivity contribution in [3.8, 4) is 11.6 Å². The van der Waals surface area contributed by atoms with Crippen molar-refractivity contribution in [1.29, 1.82) is 0 Å². The number of hydrogen-bond acceptors (Lipinski definition) is 6. The van der Waals surface area contributed by atoms with E-state index in [0.29, 0.717) is 0 Å². The summed E-state index contributed by atoms with van der Waals surface area (Å²) in [6.45, 7) is -0.307. The van der Waals surface area contributed by atoms with Gasteiger partial charge in [-0.05, 0) is 4.92 Å². The Morgan fingerprint density at radius 1 is 1.56 bits per heavy atom. The highest BCUT2D eigenvalue weighted by Gasteiger charge is 2.35. The molecule has 1 heterocycles. The first kappa shape index (κ1) is 14.0. The molecule has 0 radical (unpaired) electrons. The number of methoxy groups -OCH3 is 1. The summed E-state index contributed by atoms with van der Waals surface area (Å²) in [4.78, 5) is 12.8. The van der Waals surface area contributed by atoms with Crippen LogP contribution in [0.3, 0.4) is 0 Å². The quantitative estimate of drug-likeness (QED) is 0.652. The molecule has 0 saturated carbocycles. The van der Waals surface area contributed by atoms with Gasteiger partial charge in [-0.3, -0.25) is 0 Å². The summed E-state index contributed by atoms with van der Waals surface area (Å²) in [6.07, 6.45) is -5.00. The van der Waals surface area contributed by atoms with Gasteiger partial charge in [-0.25, -0.2) is 0 Å². The first-order valence-corrected chi connectivity index (χ1v) is 4.46. The number of aromatic nitrogens is 1. The number of rotatable bonds is 4. The topological polar surface area (TPSA) is 101 Å². The second kappa shape index (κ2) is 5.04. The highest BCUT2D eigenvalue weighted by molar-refractivity contribution is 5.47. The summed E-state index contributed by atoms with van der Waals surface area (Å²) in [5.74, 6) is -2.02. The molecule has 0 aliphatic carbocycles. The van der Waals surface area contributed by atoms with E-state index in [0.717, 1.165) is 13.2 Å². The largest absolute Gasteiger partial charge is 0.575 e. The molecule has 0 unspecified atom stereocenters. The fourth-order valence-electron chi connectivity index (χ4n) is 1.21. The maximum Gasteiger partial charge on any atom is 0.575 e. The fourth-order valence-corrected chi connectivity index (χ4v) is 1.21. The molecule has 0 amide bonds. The zero-order valence-corrected chi connectivity index (χ0v) is 9.02. The van der Waals surface area contributed by atoms with Crippen molar-refractivity contribution < 1.29 is 27.6 Å². The summed E-state index contributed by atoms with van der Waals surface area (Å²) < 4.78 is 44.2. The third-order valence-electron chi connectivity index (χ3n) is 1.86. The lowest BCUT2D eigenvalue weighted by atomic mass is 10.2. The van der Waals surface area contributed by atoms with Gasteiger partial charge >= 0.3 is 18.1 Å². The highest BCUT2D eigenvalue weighted by Crippen LogP contribution is 2.32. The lowest BCUT2D eigenvalue weighted by molar-refractivity contribution is -0.390. The van der Waals surface area contributed by atoms with Crippen LogP contribution in [-0.2, 0) is 6.54 Å².